The summed E-state index contributed by atoms with van der Waals surface area (Å²) in [7, 11) is 1.79. The van der Waals surface area contributed by atoms with Crippen LogP contribution in [0, 0.1) is 6.92 Å². The molecule has 0 aliphatic heterocycles. The van der Waals surface area contributed by atoms with Crippen LogP contribution in [-0.4, -0.2) is 28.8 Å². The van der Waals surface area contributed by atoms with Crippen LogP contribution in [0.1, 0.15) is 18.2 Å². The summed E-state index contributed by atoms with van der Waals surface area (Å²) in [6.45, 7) is 5.27. The van der Waals surface area contributed by atoms with E-state index in [4.69, 9.17) is 11.6 Å². The van der Waals surface area contributed by atoms with Crippen molar-refractivity contribution in [1.82, 2.24) is 20.4 Å². The Labute approximate surface area is 100 Å². The molecule has 0 radical (unpaired) electrons. The number of aryl methyl sites for hydroxylation is 2. The first-order valence-corrected chi connectivity index (χ1v) is 5.59. The zero-order valence-corrected chi connectivity index (χ0v) is 10.6. The molecule has 90 valence electrons. The second kappa shape index (κ2) is 5.86. The van der Waals surface area contributed by atoms with E-state index in [1.807, 2.05) is 13.8 Å². The largest absolute Gasteiger partial charge is 0.355 e. The van der Waals surface area contributed by atoms with Crippen LogP contribution in [-0.2, 0) is 18.4 Å². The van der Waals surface area contributed by atoms with Gasteiger partial charge in [-0.2, -0.15) is 5.10 Å². The van der Waals surface area contributed by atoms with Gasteiger partial charge in [-0.05, 0) is 13.8 Å². The first-order valence-electron chi connectivity index (χ1n) is 5.21. The number of nitrogens with zero attached hydrogens (tertiary/aromatic N) is 2. The van der Waals surface area contributed by atoms with Crippen LogP contribution >= 0.6 is 11.6 Å². The third-order valence-electron chi connectivity index (χ3n) is 2.23. The summed E-state index contributed by atoms with van der Waals surface area (Å²) in [6, 6.07) is 0. The summed E-state index contributed by atoms with van der Waals surface area (Å²) < 4.78 is 1.63. The SMILES string of the molecule is CCNC(=O)CNCc1c(C)nn(C)c1Cl. The molecular weight excluding hydrogens is 228 g/mol. The minimum Gasteiger partial charge on any atom is -0.355 e. The van der Waals surface area contributed by atoms with E-state index in [2.05, 4.69) is 15.7 Å². The highest BCUT2D eigenvalue weighted by molar-refractivity contribution is 6.30. The Morgan fingerprint density at radius 2 is 2.25 bits per heavy atom. The van der Waals surface area contributed by atoms with Crippen molar-refractivity contribution in [3.05, 3.63) is 16.4 Å². The molecule has 0 bridgehead atoms. The van der Waals surface area contributed by atoms with Crippen LogP contribution in [0.2, 0.25) is 5.15 Å². The fourth-order valence-electron chi connectivity index (χ4n) is 1.44. The summed E-state index contributed by atoms with van der Waals surface area (Å²) in [5, 5.41) is 10.5. The van der Waals surface area contributed by atoms with Gasteiger partial charge < -0.3 is 10.6 Å². The van der Waals surface area contributed by atoms with Crippen LogP contribution in [0.25, 0.3) is 0 Å². The van der Waals surface area contributed by atoms with Gasteiger partial charge in [0.2, 0.25) is 5.91 Å². The fourth-order valence-corrected chi connectivity index (χ4v) is 1.68. The van der Waals surface area contributed by atoms with Crippen molar-refractivity contribution in [3.63, 3.8) is 0 Å². The molecule has 2 N–H and O–H groups in total. The van der Waals surface area contributed by atoms with E-state index in [0.717, 1.165) is 11.3 Å². The van der Waals surface area contributed by atoms with Gasteiger partial charge in [-0.15, -0.1) is 0 Å². The first-order chi connectivity index (χ1) is 7.56. The van der Waals surface area contributed by atoms with Crippen LogP contribution in [0.4, 0.5) is 0 Å². The van der Waals surface area contributed by atoms with E-state index >= 15 is 0 Å². The lowest BCUT2D eigenvalue weighted by Gasteiger charge is -2.04. The summed E-state index contributed by atoms with van der Waals surface area (Å²) in [5.74, 6) is -0.0137. The quantitative estimate of drug-likeness (QED) is 0.798. The highest BCUT2D eigenvalue weighted by Gasteiger charge is 2.10. The predicted octanol–water partition coefficient (Wildman–Crippen LogP) is 0.608. The standard InChI is InChI=1S/C10H17ClN4O/c1-4-13-9(16)6-12-5-8-7(2)14-15(3)10(8)11/h12H,4-6H2,1-3H3,(H,13,16). The number of carbonyl (C=O) groups excluding carboxylic acids is 1. The Hall–Kier alpha value is -1.07. The lowest BCUT2D eigenvalue weighted by Crippen LogP contribution is -2.33. The van der Waals surface area contributed by atoms with Gasteiger partial charge >= 0.3 is 0 Å². The topological polar surface area (TPSA) is 59.0 Å². The molecule has 1 aromatic rings. The second-order valence-corrected chi connectivity index (χ2v) is 3.89. The van der Waals surface area contributed by atoms with Crippen LogP contribution in [0.15, 0.2) is 0 Å². The predicted molar refractivity (Wildman–Crippen MR) is 63.3 cm³/mol. The molecule has 0 spiro atoms. The summed E-state index contributed by atoms with van der Waals surface area (Å²) in [6.07, 6.45) is 0. The lowest BCUT2D eigenvalue weighted by atomic mass is 10.2. The normalized spacial score (nSPS) is 10.5. The molecule has 0 aromatic carbocycles. The van der Waals surface area contributed by atoms with Gasteiger partial charge in [-0.1, -0.05) is 11.6 Å². The fraction of sp³-hybridized carbons (Fsp3) is 0.600. The Morgan fingerprint density at radius 3 is 2.75 bits per heavy atom. The number of hydrogen-bond donors (Lipinski definition) is 2. The molecule has 0 unspecified atom stereocenters. The zero-order chi connectivity index (χ0) is 12.1. The summed E-state index contributed by atoms with van der Waals surface area (Å²) in [4.78, 5) is 11.2. The molecule has 1 amide bonds. The minimum absolute atomic E-state index is 0.0137. The van der Waals surface area contributed by atoms with Gasteiger partial charge in [-0.25, -0.2) is 0 Å². The van der Waals surface area contributed by atoms with Crippen molar-refractivity contribution in [2.24, 2.45) is 7.05 Å². The maximum Gasteiger partial charge on any atom is 0.233 e. The lowest BCUT2D eigenvalue weighted by molar-refractivity contribution is -0.120. The number of aromatic nitrogens is 2. The minimum atomic E-state index is -0.0137. The van der Waals surface area contributed by atoms with Gasteiger partial charge in [0.15, 0.2) is 0 Å². The van der Waals surface area contributed by atoms with Crippen LogP contribution < -0.4 is 10.6 Å². The van der Waals surface area contributed by atoms with Crippen molar-refractivity contribution in [2.45, 2.75) is 20.4 Å². The number of amides is 1. The molecule has 1 rings (SSSR count). The average molecular weight is 245 g/mol. The van der Waals surface area contributed by atoms with E-state index in [1.54, 1.807) is 11.7 Å². The van der Waals surface area contributed by atoms with Gasteiger partial charge in [0.05, 0.1) is 12.2 Å². The van der Waals surface area contributed by atoms with E-state index in [9.17, 15) is 4.79 Å². The molecule has 6 heteroatoms. The molecule has 5 nitrogen and oxygen atoms in total. The van der Waals surface area contributed by atoms with Crippen molar-refractivity contribution < 1.29 is 4.79 Å². The molecular formula is C10H17ClN4O. The summed E-state index contributed by atoms with van der Waals surface area (Å²) in [5.41, 5.74) is 1.82. The van der Waals surface area contributed by atoms with E-state index in [1.165, 1.54) is 0 Å². The van der Waals surface area contributed by atoms with E-state index in [-0.39, 0.29) is 5.91 Å². The number of rotatable bonds is 5. The molecule has 0 fully saturated rings. The number of hydrogen-bond acceptors (Lipinski definition) is 3. The highest BCUT2D eigenvalue weighted by atomic mass is 35.5. The maximum absolute atomic E-state index is 11.2. The van der Waals surface area contributed by atoms with Crippen molar-refractivity contribution in [3.8, 4) is 0 Å². The van der Waals surface area contributed by atoms with E-state index < -0.39 is 0 Å². The highest BCUT2D eigenvalue weighted by Crippen LogP contribution is 2.17. The Morgan fingerprint density at radius 1 is 1.56 bits per heavy atom. The van der Waals surface area contributed by atoms with Crippen molar-refractivity contribution in [1.29, 1.82) is 0 Å². The van der Waals surface area contributed by atoms with Crippen molar-refractivity contribution >= 4 is 17.5 Å². The van der Waals surface area contributed by atoms with Gasteiger partial charge in [0.1, 0.15) is 5.15 Å². The van der Waals surface area contributed by atoms with Crippen molar-refractivity contribution in [2.75, 3.05) is 13.1 Å². The van der Waals surface area contributed by atoms with Gasteiger partial charge in [-0.3, -0.25) is 9.48 Å². The van der Waals surface area contributed by atoms with E-state index in [0.29, 0.717) is 24.8 Å². The number of nitrogens with one attached hydrogen (secondary N) is 2. The third kappa shape index (κ3) is 3.21. The summed E-state index contributed by atoms with van der Waals surface area (Å²) >= 11 is 6.05. The molecule has 0 atom stereocenters. The van der Waals surface area contributed by atoms with Crippen LogP contribution in [0.3, 0.4) is 0 Å². The average Bonchev–Trinajstić information content (AvgIpc) is 2.45. The molecule has 0 aliphatic rings. The smallest absolute Gasteiger partial charge is 0.233 e. The second-order valence-electron chi connectivity index (χ2n) is 3.54. The monoisotopic (exact) mass is 244 g/mol. The number of halogens is 1. The first kappa shape index (κ1) is 13.0. The number of carbonyl (C=O) groups is 1. The van der Waals surface area contributed by atoms with Gasteiger partial charge in [0.25, 0.3) is 0 Å². The third-order valence-corrected chi connectivity index (χ3v) is 2.70. The van der Waals surface area contributed by atoms with Gasteiger partial charge in [0, 0.05) is 25.7 Å². The molecule has 0 aliphatic carbocycles. The zero-order valence-electron chi connectivity index (χ0n) is 9.80. The molecule has 1 heterocycles. The Bertz CT molecular complexity index is 375. The Balaban J connectivity index is 2.46. The Kier molecular flexibility index (Phi) is 4.76. The molecule has 1 aromatic heterocycles. The number of likely N-dealkylation sites (N-methyl/N-ethyl adjacent to an activating group) is 1. The maximum atomic E-state index is 11.2. The van der Waals surface area contributed by atoms with Crippen LogP contribution in [0.5, 0.6) is 0 Å². The molecule has 0 saturated heterocycles. The molecule has 16 heavy (non-hydrogen) atoms. The molecule has 0 saturated carbocycles.